The molecule has 1 saturated carbocycles. The van der Waals surface area contributed by atoms with E-state index < -0.39 is 0 Å². The van der Waals surface area contributed by atoms with Crippen LogP contribution in [0, 0.1) is 29.6 Å². The summed E-state index contributed by atoms with van der Waals surface area (Å²) in [6.45, 7) is 16.2. The first-order valence-electron chi connectivity index (χ1n) is 9.66. The van der Waals surface area contributed by atoms with Crippen molar-refractivity contribution in [1.29, 1.82) is 0 Å². The smallest absolute Gasteiger partial charge is 0.223 e. The molecule has 1 aliphatic rings. The van der Waals surface area contributed by atoms with Crippen LogP contribution < -0.4 is 16.4 Å². The van der Waals surface area contributed by atoms with Crippen LogP contribution in [-0.4, -0.2) is 25.0 Å². The Morgan fingerprint density at radius 2 is 1.88 bits per heavy atom. The first kappa shape index (κ1) is 24.3. The van der Waals surface area contributed by atoms with E-state index >= 15 is 0 Å². The Bertz CT molecular complexity index is 412. The van der Waals surface area contributed by atoms with Gasteiger partial charge >= 0.3 is 0 Å². The van der Waals surface area contributed by atoms with Gasteiger partial charge in [-0.05, 0) is 42.9 Å². The fourth-order valence-corrected chi connectivity index (χ4v) is 3.97. The molecule has 1 fully saturated rings. The average Bonchev–Trinajstić information content (AvgIpc) is 2.51. The van der Waals surface area contributed by atoms with Crippen LogP contribution in [0.4, 0.5) is 0 Å². The summed E-state index contributed by atoms with van der Waals surface area (Å²) in [5, 5.41) is 6.57. The molecule has 1 aliphatic carbocycles. The van der Waals surface area contributed by atoms with Gasteiger partial charge in [0.25, 0.3) is 0 Å². The Morgan fingerprint density at radius 1 is 1.24 bits per heavy atom. The van der Waals surface area contributed by atoms with E-state index in [0.29, 0.717) is 36.8 Å². The Hall–Kier alpha value is -0.740. The Kier molecular flexibility index (Phi) is 11.4. The lowest BCUT2D eigenvalue weighted by Crippen LogP contribution is -2.46. The first-order chi connectivity index (χ1) is 11.2. The molecule has 0 aromatic rings. The van der Waals surface area contributed by atoms with Gasteiger partial charge in [-0.25, -0.2) is 0 Å². The number of carbonyl (C=O) groups excluding carboxylic acids is 1. The molecule has 0 aromatic carbocycles. The van der Waals surface area contributed by atoms with E-state index in [1.165, 1.54) is 12.8 Å². The van der Waals surface area contributed by atoms with E-state index in [4.69, 9.17) is 5.73 Å². The van der Waals surface area contributed by atoms with Gasteiger partial charge in [0.2, 0.25) is 5.91 Å². The van der Waals surface area contributed by atoms with Gasteiger partial charge in [-0.3, -0.25) is 4.79 Å². The predicted octanol–water partition coefficient (Wildman–Crippen LogP) is 3.71. The summed E-state index contributed by atoms with van der Waals surface area (Å²) < 4.78 is 0. The van der Waals surface area contributed by atoms with Crippen LogP contribution in [0.25, 0.3) is 0 Å². The minimum absolute atomic E-state index is 0. The van der Waals surface area contributed by atoms with Gasteiger partial charge in [-0.2, -0.15) is 0 Å². The lowest BCUT2D eigenvalue weighted by atomic mass is 9.70. The topological polar surface area (TPSA) is 67.2 Å². The molecule has 4 N–H and O–H groups in total. The fraction of sp³-hybridized carbons (Fsp3) is 0.850. The number of hydrogen-bond donors (Lipinski definition) is 3. The lowest BCUT2D eigenvalue weighted by Gasteiger charge is -2.36. The highest BCUT2D eigenvalue weighted by Crippen LogP contribution is 2.38. The number of halogens is 1. The fourth-order valence-electron chi connectivity index (χ4n) is 3.97. The largest absolute Gasteiger partial charge is 0.383 e. The highest BCUT2D eigenvalue weighted by Gasteiger charge is 2.35. The molecule has 1 rings (SSSR count). The van der Waals surface area contributed by atoms with Gasteiger partial charge < -0.3 is 16.4 Å². The Labute approximate surface area is 161 Å². The maximum Gasteiger partial charge on any atom is 0.223 e. The molecule has 4 nitrogen and oxygen atoms in total. The van der Waals surface area contributed by atoms with Gasteiger partial charge in [-0.15, -0.1) is 12.4 Å². The highest BCUT2D eigenvalue weighted by atomic mass is 35.5. The number of rotatable bonds is 9. The number of carbonyl (C=O) groups is 1. The average molecular weight is 374 g/mol. The monoisotopic (exact) mass is 373 g/mol. The van der Waals surface area contributed by atoms with Gasteiger partial charge in [-0.1, -0.05) is 47.6 Å². The second-order valence-corrected chi connectivity index (χ2v) is 8.46. The van der Waals surface area contributed by atoms with E-state index in [0.717, 1.165) is 18.5 Å². The predicted molar refractivity (Wildman–Crippen MR) is 110 cm³/mol. The molecular weight excluding hydrogens is 334 g/mol. The minimum atomic E-state index is 0. The molecule has 5 heteroatoms. The quantitative estimate of drug-likeness (QED) is 0.577. The molecule has 1 amide bonds. The molecule has 0 bridgehead atoms. The zero-order valence-electron chi connectivity index (χ0n) is 16.8. The molecule has 4 atom stereocenters. The van der Waals surface area contributed by atoms with Crippen molar-refractivity contribution in [2.45, 2.75) is 66.3 Å². The number of nitrogens with one attached hydrogen (secondary N) is 2. The van der Waals surface area contributed by atoms with E-state index in [-0.39, 0.29) is 30.3 Å². The molecule has 0 heterocycles. The van der Waals surface area contributed by atoms with Crippen molar-refractivity contribution >= 4 is 18.3 Å². The lowest BCUT2D eigenvalue weighted by molar-refractivity contribution is -0.129. The summed E-state index contributed by atoms with van der Waals surface area (Å²) in [7, 11) is 0. The third-order valence-corrected chi connectivity index (χ3v) is 5.29. The van der Waals surface area contributed by atoms with Crippen LogP contribution in [0.5, 0.6) is 0 Å². The number of hydrogen-bond acceptors (Lipinski definition) is 3. The van der Waals surface area contributed by atoms with Crippen LogP contribution in [0.1, 0.15) is 60.3 Å². The molecule has 148 valence electrons. The van der Waals surface area contributed by atoms with Crippen molar-refractivity contribution in [1.82, 2.24) is 10.6 Å². The van der Waals surface area contributed by atoms with Gasteiger partial charge in [0.05, 0.1) is 0 Å². The summed E-state index contributed by atoms with van der Waals surface area (Å²) in [5.74, 6) is 2.67. The van der Waals surface area contributed by atoms with E-state index in [1.807, 2.05) is 0 Å². The second kappa shape index (κ2) is 11.8. The van der Waals surface area contributed by atoms with Crippen LogP contribution in [0.3, 0.4) is 0 Å². The standard InChI is InChI=1S/C20H39N3O.ClH/c1-13(2)9-17(23-16(6)11-21)12-22-20(24)19-10-15(5)7-8-18(19)14(3)4;/h13-15,17-19,23H,6-12,21H2,1-5H3,(H,22,24);1H/t15-,17?,18+,19-;/m1./s1. The summed E-state index contributed by atoms with van der Waals surface area (Å²) in [6.07, 6.45) is 4.44. The molecule has 1 unspecified atom stereocenters. The van der Waals surface area contributed by atoms with Gasteiger partial charge in [0, 0.05) is 30.7 Å². The van der Waals surface area contributed by atoms with Gasteiger partial charge in [0.15, 0.2) is 0 Å². The maximum absolute atomic E-state index is 12.8. The van der Waals surface area contributed by atoms with Crippen molar-refractivity contribution in [3.05, 3.63) is 12.3 Å². The normalized spacial score (nSPS) is 24.6. The summed E-state index contributed by atoms with van der Waals surface area (Å²) in [6, 6.07) is 0.198. The third kappa shape index (κ3) is 8.46. The molecule has 25 heavy (non-hydrogen) atoms. The summed E-state index contributed by atoms with van der Waals surface area (Å²) in [5.41, 5.74) is 6.48. The van der Waals surface area contributed by atoms with Crippen molar-refractivity contribution in [2.24, 2.45) is 35.3 Å². The van der Waals surface area contributed by atoms with E-state index in [9.17, 15) is 4.79 Å². The van der Waals surface area contributed by atoms with Crippen LogP contribution in [0.15, 0.2) is 12.3 Å². The molecular formula is C20H40ClN3O. The number of nitrogens with two attached hydrogens (primary N) is 1. The van der Waals surface area contributed by atoms with Crippen LogP contribution >= 0.6 is 12.4 Å². The Balaban J connectivity index is 0.00000576. The third-order valence-electron chi connectivity index (χ3n) is 5.29. The highest BCUT2D eigenvalue weighted by molar-refractivity contribution is 5.85. The summed E-state index contributed by atoms with van der Waals surface area (Å²) in [4.78, 5) is 12.8. The van der Waals surface area contributed by atoms with Crippen LogP contribution in [-0.2, 0) is 4.79 Å². The second-order valence-electron chi connectivity index (χ2n) is 8.46. The zero-order valence-corrected chi connectivity index (χ0v) is 17.6. The molecule has 0 aliphatic heterocycles. The SMILES string of the molecule is C=C(CN)NC(CNC(=O)[C@@H]1C[C@H](C)CC[C@H]1C(C)C)CC(C)C.Cl. The molecule has 0 spiro atoms. The maximum atomic E-state index is 12.8. The van der Waals surface area contributed by atoms with E-state index in [1.54, 1.807) is 0 Å². The van der Waals surface area contributed by atoms with E-state index in [2.05, 4.69) is 51.8 Å². The Morgan fingerprint density at radius 3 is 2.40 bits per heavy atom. The first-order valence-corrected chi connectivity index (χ1v) is 9.66. The summed E-state index contributed by atoms with van der Waals surface area (Å²) >= 11 is 0. The minimum Gasteiger partial charge on any atom is -0.383 e. The zero-order chi connectivity index (χ0) is 18.3. The molecule has 0 aromatic heterocycles. The van der Waals surface area contributed by atoms with Gasteiger partial charge in [0.1, 0.15) is 0 Å². The van der Waals surface area contributed by atoms with Crippen molar-refractivity contribution in [3.63, 3.8) is 0 Å². The van der Waals surface area contributed by atoms with Crippen molar-refractivity contribution < 1.29 is 4.79 Å². The van der Waals surface area contributed by atoms with Crippen LogP contribution in [0.2, 0.25) is 0 Å². The molecule has 0 saturated heterocycles. The molecule has 0 radical (unpaired) electrons. The number of amides is 1. The van der Waals surface area contributed by atoms with Crippen molar-refractivity contribution in [3.8, 4) is 0 Å². The van der Waals surface area contributed by atoms with Crippen molar-refractivity contribution in [2.75, 3.05) is 13.1 Å².